The molecule has 0 aliphatic carbocycles. The number of nitrogens with zero attached hydrogens (tertiary/aromatic N) is 1. The molecule has 14 heavy (non-hydrogen) atoms. The molecule has 76 valence electrons. The van der Waals surface area contributed by atoms with Gasteiger partial charge in [0, 0.05) is 12.5 Å². The van der Waals surface area contributed by atoms with Crippen LogP contribution in [0.5, 0.6) is 0 Å². The molecule has 1 heterocycles. The van der Waals surface area contributed by atoms with Gasteiger partial charge in [0.2, 0.25) is 0 Å². The molecular weight excluding hydrogens is 202 g/mol. The molecule has 0 saturated carbocycles. The smallest absolute Gasteiger partial charge is 0.358 e. The maximum atomic E-state index is 10.5. The Morgan fingerprint density at radius 1 is 1.79 bits per heavy atom. The minimum absolute atomic E-state index is 0.0445. The van der Waals surface area contributed by atoms with Gasteiger partial charge in [0.05, 0.1) is 0 Å². The summed E-state index contributed by atoms with van der Waals surface area (Å²) >= 11 is 1.60. The van der Waals surface area contributed by atoms with Crippen LogP contribution >= 0.6 is 11.8 Å². The minimum Gasteiger partial charge on any atom is -0.476 e. The standard InChI is InChI=1S/C9H11NO3S/c1-6(5-14-2)3-7-4-8(9(11)12)10-13-7/h4-5H,3H2,1-2H3,(H,11,12)/b6-5+. The van der Waals surface area contributed by atoms with Crippen LogP contribution in [-0.2, 0) is 6.42 Å². The third kappa shape index (κ3) is 2.92. The van der Waals surface area contributed by atoms with Crippen LogP contribution in [0.15, 0.2) is 21.6 Å². The molecule has 0 unspecified atom stereocenters. The lowest BCUT2D eigenvalue weighted by Crippen LogP contribution is -1.94. The van der Waals surface area contributed by atoms with Crippen LogP contribution in [0.4, 0.5) is 0 Å². The minimum atomic E-state index is -1.06. The third-order valence-electron chi connectivity index (χ3n) is 1.55. The average Bonchev–Trinajstić information content (AvgIpc) is 2.53. The first-order valence-electron chi connectivity index (χ1n) is 4.01. The van der Waals surface area contributed by atoms with Gasteiger partial charge in [0.15, 0.2) is 5.69 Å². The molecule has 0 fully saturated rings. The lowest BCUT2D eigenvalue weighted by molar-refractivity contribution is 0.0685. The Kier molecular flexibility index (Phi) is 3.76. The predicted molar refractivity (Wildman–Crippen MR) is 54.4 cm³/mol. The summed E-state index contributed by atoms with van der Waals surface area (Å²) in [6.45, 7) is 1.96. The number of aromatic nitrogens is 1. The maximum Gasteiger partial charge on any atom is 0.358 e. The number of hydrogen-bond acceptors (Lipinski definition) is 4. The molecule has 1 N–H and O–H groups in total. The number of carboxylic acid groups (broad SMARTS) is 1. The van der Waals surface area contributed by atoms with Gasteiger partial charge in [0.25, 0.3) is 0 Å². The Morgan fingerprint density at radius 2 is 2.50 bits per heavy atom. The molecule has 4 nitrogen and oxygen atoms in total. The first-order valence-corrected chi connectivity index (χ1v) is 5.29. The summed E-state index contributed by atoms with van der Waals surface area (Å²) in [6.07, 6.45) is 2.56. The van der Waals surface area contributed by atoms with Crippen LogP contribution in [0.2, 0.25) is 0 Å². The molecule has 0 aliphatic rings. The van der Waals surface area contributed by atoms with Gasteiger partial charge in [-0.3, -0.25) is 0 Å². The van der Waals surface area contributed by atoms with Crippen LogP contribution in [0.1, 0.15) is 23.2 Å². The number of allylic oxidation sites excluding steroid dienone is 1. The molecule has 0 bridgehead atoms. The number of aromatic carboxylic acids is 1. The van der Waals surface area contributed by atoms with E-state index in [1.165, 1.54) is 6.07 Å². The van der Waals surface area contributed by atoms with Gasteiger partial charge in [-0.1, -0.05) is 10.7 Å². The first kappa shape index (κ1) is 10.8. The second kappa shape index (κ2) is 4.85. The Hall–Kier alpha value is -1.23. The van der Waals surface area contributed by atoms with E-state index in [4.69, 9.17) is 9.63 Å². The second-order valence-electron chi connectivity index (χ2n) is 2.86. The fraction of sp³-hybridized carbons (Fsp3) is 0.333. The van der Waals surface area contributed by atoms with Crippen LogP contribution < -0.4 is 0 Å². The largest absolute Gasteiger partial charge is 0.476 e. The summed E-state index contributed by atoms with van der Waals surface area (Å²) in [5.74, 6) is -0.489. The highest BCUT2D eigenvalue weighted by atomic mass is 32.2. The molecule has 0 radical (unpaired) electrons. The van der Waals surface area contributed by atoms with Crippen LogP contribution in [0.25, 0.3) is 0 Å². The fourth-order valence-electron chi connectivity index (χ4n) is 1.01. The van der Waals surface area contributed by atoms with Crippen molar-refractivity contribution in [2.45, 2.75) is 13.3 Å². The first-order chi connectivity index (χ1) is 6.63. The van der Waals surface area contributed by atoms with Crippen molar-refractivity contribution in [3.05, 3.63) is 28.5 Å². The van der Waals surface area contributed by atoms with Crippen LogP contribution in [-0.4, -0.2) is 22.5 Å². The molecule has 1 aromatic heterocycles. The number of hydrogen-bond donors (Lipinski definition) is 1. The van der Waals surface area contributed by atoms with Crippen LogP contribution in [0.3, 0.4) is 0 Å². The Bertz CT molecular complexity index is 357. The fourth-order valence-corrected chi connectivity index (χ4v) is 1.50. The molecule has 1 rings (SSSR count). The van der Waals surface area contributed by atoms with Crippen molar-refractivity contribution in [2.24, 2.45) is 0 Å². The van der Waals surface area contributed by atoms with Gasteiger partial charge < -0.3 is 9.63 Å². The lowest BCUT2D eigenvalue weighted by atomic mass is 10.2. The van der Waals surface area contributed by atoms with E-state index in [-0.39, 0.29) is 5.69 Å². The van der Waals surface area contributed by atoms with E-state index < -0.39 is 5.97 Å². The van der Waals surface area contributed by atoms with Crippen molar-refractivity contribution in [3.8, 4) is 0 Å². The van der Waals surface area contributed by atoms with Crippen molar-refractivity contribution in [1.82, 2.24) is 5.16 Å². The van der Waals surface area contributed by atoms with Gasteiger partial charge in [-0.15, -0.1) is 11.8 Å². The summed E-state index contributed by atoms with van der Waals surface area (Å²) < 4.78 is 4.86. The van der Waals surface area contributed by atoms with Crippen molar-refractivity contribution >= 4 is 17.7 Å². The van der Waals surface area contributed by atoms with E-state index in [1.54, 1.807) is 11.8 Å². The van der Waals surface area contributed by atoms with Crippen molar-refractivity contribution < 1.29 is 14.4 Å². The van der Waals surface area contributed by atoms with E-state index in [2.05, 4.69) is 5.16 Å². The van der Waals surface area contributed by atoms with E-state index >= 15 is 0 Å². The molecule has 0 aromatic carbocycles. The van der Waals surface area contributed by atoms with Gasteiger partial charge in [-0.2, -0.15) is 0 Å². The summed E-state index contributed by atoms with van der Waals surface area (Å²) in [4.78, 5) is 10.5. The topological polar surface area (TPSA) is 63.3 Å². The highest BCUT2D eigenvalue weighted by Crippen LogP contribution is 2.12. The molecule has 0 aliphatic heterocycles. The number of carbonyl (C=O) groups is 1. The summed E-state index contributed by atoms with van der Waals surface area (Å²) in [7, 11) is 0. The molecule has 0 amide bonds. The molecule has 1 aromatic rings. The normalized spacial score (nSPS) is 11.7. The van der Waals surface area contributed by atoms with Crippen molar-refractivity contribution in [2.75, 3.05) is 6.26 Å². The zero-order valence-electron chi connectivity index (χ0n) is 7.98. The van der Waals surface area contributed by atoms with E-state index in [0.717, 1.165) is 5.57 Å². The molecule has 0 saturated heterocycles. The maximum absolute atomic E-state index is 10.5. The predicted octanol–water partition coefficient (Wildman–Crippen LogP) is 2.18. The summed E-state index contributed by atoms with van der Waals surface area (Å²) in [5, 5.41) is 14.0. The van der Waals surface area contributed by atoms with Gasteiger partial charge in [-0.25, -0.2) is 4.79 Å². The summed E-state index contributed by atoms with van der Waals surface area (Å²) in [5.41, 5.74) is 1.07. The van der Waals surface area contributed by atoms with Crippen LogP contribution in [0, 0.1) is 0 Å². The number of carboxylic acids is 1. The van der Waals surface area contributed by atoms with Gasteiger partial charge in [-0.05, 0) is 18.6 Å². The molecule has 0 spiro atoms. The van der Waals surface area contributed by atoms with E-state index in [0.29, 0.717) is 12.2 Å². The Morgan fingerprint density at radius 3 is 3.00 bits per heavy atom. The third-order valence-corrected chi connectivity index (χ3v) is 2.19. The quantitative estimate of drug-likeness (QED) is 0.830. The second-order valence-corrected chi connectivity index (χ2v) is 3.57. The SMILES string of the molecule is CS/C=C(\C)Cc1cc(C(=O)O)no1. The Labute approximate surface area is 86.0 Å². The highest BCUT2D eigenvalue weighted by molar-refractivity contribution is 8.01. The van der Waals surface area contributed by atoms with Gasteiger partial charge in [0.1, 0.15) is 5.76 Å². The average molecular weight is 213 g/mol. The van der Waals surface area contributed by atoms with Crippen molar-refractivity contribution in [3.63, 3.8) is 0 Å². The lowest BCUT2D eigenvalue weighted by Gasteiger charge is -1.93. The summed E-state index contributed by atoms with van der Waals surface area (Å²) in [6, 6.07) is 1.44. The number of thioether (sulfide) groups is 1. The zero-order valence-corrected chi connectivity index (χ0v) is 8.80. The molecule has 5 heteroatoms. The van der Waals surface area contributed by atoms with Crippen molar-refractivity contribution in [1.29, 1.82) is 0 Å². The number of rotatable bonds is 4. The molecular formula is C9H11NO3S. The molecule has 0 atom stereocenters. The monoisotopic (exact) mass is 213 g/mol. The highest BCUT2D eigenvalue weighted by Gasteiger charge is 2.10. The van der Waals surface area contributed by atoms with Gasteiger partial charge >= 0.3 is 5.97 Å². The van der Waals surface area contributed by atoms with E-state index in [9.17, 15) is 4.79 Å². The zero-order chi connectivity index (χ0) is 10.6. The van der Waals surface area contributed by atoms with E-state index in [1.807, 2.05) is 18.6 Å². The Balaban J connectivity index is 2.69.